The fraction of sp³-hybridized carbons (Fsp3) is 0. The summed E-state index contributed by atoms with van der Waals surface area (Å²) in [6.07, 6.45) is 1.43. The van der Waals surface area contributed by atoms with Crippen LogP contribution in [0, 0.1) is 5.82 Å². The quantitative estimate of drug-likeness (QED) is 0.299. The van der Waals surface area contributed by atoms with Crippen LogP contribution in [0.3, 0.4) is 0 Å². The summed E-state index contributed by atoms with van der Waals surface area (Å²) in [5.41, 5.74) is 3.68. The first-order valence-electron chi connectivity index (χ1n) is 8.18. The summed E-state index contributed by atoms with van der Waals surface area (Å²) in [6, 6.07) is 18.1. The molecule has 0 aliphatic heterocycles. The third kappa shape index (κ3) is 5.25. The number of hydrogen-bond donors (Lipinski definition) is 1. The Bertz CT molecular complexity index is 1020. The van der Waals surface area contributed by atoms with E-state index < -0.39 is 17.7 Å². The molecule has 0 spiro atoms. The number of rotatable bonds is 5. The maximum Gasteiger partial charge on any atom is 0.343 e. The Morgan fingerprint density at radius 1 is 0.964 bits per heavy atom. The second kappa shape index (κ2) is 8.92. The Hall–Kier alpha value is -3.51. The van der Waals surface area contributed by atoms with Crippen LogP contribution in [-0.4, -0.2) is 18.1 Å². The highest BCUT2D eigenvalue weighted by molar-refractivity contribution is 6.30. The van der Waals surface area contributed by atoms with Crippen molar-refractivity contribution < 1.29 is 18.7 Å². The van der Waals surface area contributed by atoms with Crippen molar-refractivity contribution in [3.8, 4) is 5.75 Å². The van der Waals surface area contributed by atoms with Gasteiger partial charge in [0, 0.05) is 10.6 Å². The molecule has 0 fully saturated rings. The molecule has 0 aliphatic carbocycles. The average Bonchev–Trinajstić information content (AvgIpc) is 2.69. The van der Waals surface area contributed by atoms with Gasteiger partial charge < -0.3 is 4.74 Å². The molecule has 0 aliphatic rings. The van der Waals surface area contributed by atoms with E-state index in [-0.39, 0.29) is 0 Å². The van der Waals surface area contributed by atoms with Crippen molar-refractivity contribution in [3.63, 3.8) is 0 Å². The molecule has 3 rings (SSSR count). The Kier molecular flexibility index (Phi) is 6.14. The summed E-state index contributed by atoms with van der Waals surface area (Å²) in [5.74, 6) is -1.03. The number of esters is 1. The first kappa shape index (κ1) is 19.3. The van der Waals surface area contributed by atoms with Gasteiger partial charge in [-0.3, -0.25) is 4.79 Å². The van der Waals surface area contributed by atoms with E-state index in [1.807, 2.05) is 0 Å². The third-order valence-electron chi connectivity index (χ3n) is 3.64. The highest BCUT2D eigenvalue weighted by Crippen LogP contribution is 2.16. The Morgan fingerprint density at radius 3 is 2.36 bits per heavy atom. The zero-order chi connectivity index (χ0) is 19.9. The number of carbonyl (C=O) groups is 2. The zero-order valence-corrected chi connectivity index (χ0v) is 15.2. The van der Waals surface area contributed by atoms with Gasteiger partial charge >= 0.3 is 5.97 Å². The predicted octanol–water partition coefficient (Wildman–Crippen LogP) is 4.46. The fourth-order valence-corrected chi connectivity index (χ4v) is 2.42. The molecule has 0 aromatic heterocycles. The van der Waals surface area contributed by atoms with E-state index in [1.165, 1.54) is 36.5 Å². The van der Waals surface area contributed by atoms with Crippen LogP contribution < -0.4 is 10.2 Å². The number of benzene rings is 3. The van der Waals surface area contributed by atoms with Crippen molar-refractivity contribution in [2.24, 2.45) is 5.10 Å². The third-order valence-corrected chi connectivity index (χ3v) is 3.87. The molecule has 0 unspecified atom stereocenters. The summed E-state index contributed by atoms with van der Waals surface area (Å²) in [5, 5.41) is 4.30. The molecule has 0 heterocycles. The van der Waals surface area contributed by atoms with Crippen molar-refractivity contribution in [1.29, 1.82) is 0 Å². The van der Waals surface area contributed by atoms with Crippen LogP contribution in [0.25, 0.3) is 0 Å². The zero-order valence-electron chi connectivity index (χ0n) is 14.4. The SMILES string of the molecule is O=C(N/N=C\c1ccc(OC(=O)c2cccc(Cl)c2)cc1)c1ccc(F)cc1. The summed E-state index contributed by atoms with van der Waals surface area (Å²) in [7, 11) is 0. The minimum Gasteiger partial charge on any atom is -0.423 e. The summed E-state index contributed by atoms with van der Waals surface area (Å²) < 4.78 is 18.1. The molecular formula is C21H14ClFN2O3. The van der Waals surface area contributed by atoms with Crippen LogP contribution in [0.15, 0.2) is 77.9 Å². The molecule has 3 aromatic carbocycles. The molecule has 1 N–H and O–H groups in total. The van der Waals surface area contributed by atoms with Crippen molar-refractivity contribution in [3.05, 3.63) is 100 Å². The first-order chi connectivity index (χ1) is 13.5. The van der Waals surface area contributed by atoms with E-state index in [0.29, 0.717) is 27.5 Å². The van der Waals surface area contributed by atoms with Gasteiger partial charge in [0.05, 0.1) is 11.8 Å². The fourth-order valence-electron chi connectivity index (χ4n) is 2.23. The maximum atomic E-state index is 12.9. The lowest BCUT2D eigenvalue weighted by molar-refractivity contribution is 0.0734. The van der Waals surface area contributed by atoms with Gasteiger partial charge in [0.25, 0.3) is 5.91 Å². The lowest BCUT2D eigenvalue weighted by Crippen LogP contribution is -2.17. The van der Waals surface area contributed by atoms with E-state index in [2.05, 4.69) is 10.5 Å². The van der Waals surface area contributed by atoms with E-state index in [0.717, 1.165) is 0 Å². The molecule has 0 atom stereocenters. The van der Waals surface area contributed by atoms with Crippen molar-refractivity contribution in [2.75, 3.05) is 0 Å². The number of halogens is 2. The lowest BCUT2D eigenvalue weighted by Gasteiger charge is -2.05. The minimum atomic E-state index is -0.518. The van der Waals surface area contributed by atoms with Crippen molar-refractivity contribution in [2.45, 2.75) is 0 Å². The molecule has 0 radical (unpaired) electrons. The van der Waals surface area contributed by atoms with Crippen LogP contribution in [0.1, 0.15) is 26.3 Å². The van der Waals surface area contributed by atoms with Crippen molar-refractivity contribution in [1.82, 2.24) is 5.43 Å². The van der Waals surface area contributed by atoms with E-state index in [1.54, 1.807) is 42.5 Å². The largest absolute Gasteiger partial charge is 0.423 e. The van der Waals surface area contributed by atoms with Crippen LogP contribution in [0.2, 0.25) is 5.02 Å². The molecular weight excluding hydrogens is 383 g/mol. The van der Waals surface area contributed by atoms with Gasteiger partial charge in [-0.25, -0.2) is 14.6 Å². The van der Waals surface area contributed by atoms with Crippen molar-refractivity contribution >= 4 is 29.7 Å². The molecule has 1 amide bonds. The topological polar surface area (TPSA) is 67.8 Å². The van der Waals surface area contributed by atoms with Crippen LogP contribution >= 0.6 is 11.6 Å². The number of amides is 1. The summed E-state index contributed by atoms with van der Waals surface area (Å²) >= 11 is 5.86. The van der Waals surface area contributed by atoms with Gasteiger partial charge in [-0.15, -0.1) is 0 Å². The van der Waals surface area contributed by atoms with Gasteiger partial charge in [0.1, 0.15) is 11.6 Å². The summed E-state index contributed by atoms with van der Waals surface area (Å²) in [4.78, 5) is 23.9. The van der Waals surface area contributed by atoms with Gasteiger partial charge in [-0.05, 0) is 72.3 Å². The normalized spacial score (nSPS) is 10.6. The molecule has 7 heteroatoms. The Balaban J connectivity index is 1.56. The number of hydrogen-bond acceptors (Lipinski definition) is 4. The molecule has 28 heavy (non-hydrogen) atoms. The van der Waals surface area contributed by atoms with E-state index in [9.17, 15) is 14.0 Å². The number of nitrogens with zero attached hydrogens (tertiary/aromatic N) is 1. The molecule has 3 aromatic rings. The molecule has 5 nitrogen and oxygen atoms in total. The smallest absolute Gasteiger partial charge is 0.343 e. The van der Waals surface area contributed by atoms with E-state index in [4.69, 9.17) is 16.3 Å². The molecule has 140 valence electrons. The summed E-state index contributed by atoms with van der Waals surface area (Å²) in [6.45, 7) is 0. The number of hydrazone groups is 1. The molecule has 0 bridgehead atoms. The second-order valence-electron chi connectivity index (χ2n) is 5.67. The predicted molar refractivity (Wildman–Crippen MR) is 104 cm³/mol. The second-order valence-corrected chi connectivity index (χ2v) is 6.11. The Morgan fingerprint density at radius 2 is 1.68 bits per heavy atom. The highest BCUT2D eigenvalue weighted by Gasteiger charge is 2.09. The van der Waals surface area contributed by atoms with Crippen LogP contribution in [0.5, 0.6) is 5.75 Å². The number of nitrogens with one attached hydrogen (secondary N) is 1. The number of ether oxygens (including phenoxy) is 1. The average molecular weight is 397 g/mol. The van der Waals surface area contributed by atoms with Gasteiger partial charge in [-0.1, -0.05) is 17.7 Å². The standard InChI is InChI=1S/C21H14ClFN2O3/c22-17-3-1-2-16(12-17)21(27)28-19-10-4-14(5-11-19)13-24-25-20(26)15-6-8-18(23)9-7-15/h1-13H,(H,25,26)/b24-13-. The Labute approximate surface area is 165 Å². The first-order valence-corrected chi connectivity index (χ1v) is 8.56. The van der Waals surface area contributed by atoms with Gasteiger partial charge in [-0.2, -0.15) is 5.10 Å². The monoisotopic (exact) mass is 396 g/mol. The van der Waals surface area contributed by atoms with Crippen LogP contribution in [-0.2, 0) is 0 Å². The van der Waals surface area contributed by atoms with E-state index >= 15 is 0 Å². The molecule has 0 saturated heterocycles. The molecule has 0 saturated carbocycles. The van der Waals surface area contributed by atoms with Gasteiger partial charge in [0.2, 0.25) is 0 Å². The minimum absolute atomic E-state index is 0.293. The maximum absolute atomic E-state index is 12.9. The lowest BCUT2D eigenvalue weighted by atomic mass is 10.2. The number of carbonyl (C=O) groups excluding carboxylic acids is 2. The highest BCUT2D eigenvalue weighted by atomic mass is 35.5. The van der Waals surface area contributed by atoms with Gasteiger partial charge in [0.15, 0.2) is 0 Å². The van der Waals surface area contributed by atoms with Crippen LogP contribution in [0.4, 0.5) is 4.39 Å².